The molecule has 0 saturated carbocycles. The number of aryl methyl sites for hydroxylation is 1. The molecule has 1 aromatic carbocycles. The maximum Gasteiger partial charge on any atom is 0.240 e. The summed E-state index contributed by atoms with van der Waals surface area (Å²) in [6.45, 7) is 0.833. The SMILES string of the molecule is NCCCNS(=O)(=O)c1ccc(CCCl)cc1. The van der Waals surface area contributed by atoms with Crippen LogP contribution >= 0.6 is 11.6 Å². The van der Waals surface area contributed by atoms with Crippen LogP contribution in [0.5, 0.6) is 0 Å². The predicted molar refractivity (Wildman–Crippen MR) is 69.7 cm³/mol. The van der Waals surface area contributed by atoms with E-state index in [2.05, 4.69) is 4.72 Å². The third-order valence-corrected chi connectivity index (χ3v) is 3.96. The van der Waals surface area contributed by atoms with Crippen LogP contribution in [0.15, 0.2) is 29.2 Å². The van der Waals surface area contributed by atoms with Crippen LogP contribution < -0.4 is 10.5 Å². The van der Waals surface area contributed by atoms with E-state index in [1.54, 1.807) is 24.3 Å². The van der Waals surface area contributed by atoms with Gasteiger partial charge >= 0.3 is 0 Å². The maximum atomic E-state index is 11.8. The molecule has 0 aliphatic rings. The minimum atomic E-state index is -3.40. The molecule has 0 heterocycles. The smallest absolute Gasteiger partial charge is 0.240 e. The number of sulfonamides is 1. The van der Waals surface area contributed by atoms with E-state index in [4.69, 9.17) is 17.3 Å². The van der Waals surface area contributed by atoms with Gasteiger partial charge in [0.2, 0.25) is 10.0 Å². The summed E-state index contributed by atoms with van der Waals surface area (Å²) in [5, 5.41) is 0. The largest absolute Gasteiger partial charge is 0.330 e. The van der Waals surface area contributed by atoms with Crippen LogP contribution in [-0.4, -0.2) is 27.4 Å². The molecule has 0 radical (unpaired) electrons. The highest BCUT2D eigenvalue weighted by molar-refractivity contribution is 7.89. The lowest BCUT2D eigenvalue weighted by molar-refractivity contribution is 0.579. The molecule has 1 aromatic rings. The Balaban J connectivity index is 2.71. The van der Waals surface area contributed by atoms with Crippen molar-refractivity contribution in [3.8, 4) is 0 Å². The topological polar surface area (TPSA) is 72.2 Å². The molecule has 4 nitrogen and oxygen atoms in total. The summed E-state index contributed by atoms with van der Waals surface area (Å²) in [5.74, 6) is 0.529. The van der Waals surface area contributed by atoms with Gasteiger partial charge in [-0.2, -0.15) is 0 Å². The zero-order chi connectivity index (χ0) is 12.7. The molecule has 17 heavy (non-hydrogen) atoms. The lowest BCUT2D eigenvalue weighted by Crippen LogP contribution is -2.26. The highest BCUT2D eigenvalue weighted by Crippen LogP contribution is 2.11. The third-order valence-electron chi connectivity index (χ3n) is 2.29. The van der Waals surface area contributed by atoms with Crippen LogP contribution in [0.3, 0.4) is 0 Å². The van der Waals surface area contributed by atoms with Crippen molar-refractivity contribution in [2.45, 2.75) is 17.7 Å². The molecule has 0 unspecified atom stereocenters. The summed E-state index contributed by atoms with van der Waals surface area (Å²) >= 11 is 5.61. The summed E-state index contributed by atoms with van der Waals surface area (Å²) in [6, 6.07) is 6.74. The number of rotatable bonds is 7. The Morgan fingerprint density at radius 1 is 1.24 bits per heavy atom. The summed E-state index contributed by atoms with van der Waals surface area (Å²) in [5.41, 5.74) is 6.33. The van der Waals surface area contributed by atoms with E-state index in [1.807, 2.05) is 0 Å². The zero-order valence-electron chi connectivity index (χ0n) is 9.52. The molecular formula is C11H17ClN2O2S. The Morgan fingerprint density at radius 3 is 2.41 bits per heavy atom. The highest BCUT2D eigenvalue weighted by Gasteiger charge is 2.12. The number of nitrogens with one attached hydrogen (secondary N) is 1. The standard InChI is InChI=1S/C11H17ClN2O2S/c12-7-6-10-2-4-11(5-3-10)17(15,16)14-9-1-8-13/h2-5,14H,1,6-9,13H2. The second kappa shape index (κ2) is 6.96. The van der Waals surface area contributed by atoms with Crippen LogP contribution in [0.1, 0.15) is 12.0 Å². The number of halogens is 1. The lowest BCUT2D eigenvalue weighted by Gasteiger charge is -2.06. The quantitative estimate of drug-likeness (QED) is 0.579. The molecule has 6 heteroatoms. The third kappa shape index (κ3) is 4.63. The van der Waals surface area contributed by atoms with Gasteiger partial charge in [0.15, 0.2) is 0 Å². The molecular weight excluding hydrogens is 260 g/mol. The van der Waals surface area contributed by atoms with Crippen LogP contribution in [0.4, 0.5) is 0 Å². The molecule has 1 rings (SSSR count). The Hall–Kier alpha value is -0.620. The van der Waals surface area contributed by atoms with Crippen LogP contribution in [0.2, 0.25) is 0 Å². The normalized spacial score (nSPS) is 11.6. The van der Waals surface area contributed by atoms with Crippen molar-refractivity contribution in [3.63, 3.8) is 0 Å². The summed E-state index contributed by atoms with van der Waals surface area (Å²) in [7, 11) is -3.40. The average molecular weight is 277 g/mol. The van der Waals surface area contributed by atoms with Gasteiger partial charge in [0.05, 0.1) is 4.90 Å². The summed E-state index contributed by atoms with van der Waals surface area (Å²) in [4.78, 5) is 0.271. The fourth-order valence-corrected chi connectivity index (χ4v) is 2.63. The molecule has 0 aliphatic carbocycles. The van der Waals surface area contributed by atoms with Crippen molar-refractivity contribution in [2.75, 3.05) is 19.0 Å². The van der Waals surface area contributed by atoms with Crippen molar-refractivity contribution >= 4 is 21.6 Å². The number of nitrogens with two attached hydrogens (primary N) is 1. The van der Waals surface area contributed by atoms with E-state index in [0.29, 0.717) is 25.4 Å². The minimum Gasteiger partial charge on any atom is -0.330 e. The van der Waals surface area contributed by atoms with E-state index in [-0.39, 0.29) is 4.90 Å². The van der Waals surface area contributed by atoms with E-state index in [9.17, 15) is 8.42 Å². The molecule has 0 aromatic heterocycles. The maximum absolute atomic E-state index is 11.8. The van der Waals surface area contributed by atoms with Crippen LogP contribution in [-0.2, 0) is 16.4 Å². The first kappa shape index (κ1) is 14.4. The molecule has 0 aliphatic heterocycles. The van der Waals surface area contributed by atoms with Crippen molar-refractivity contribution in [2.24, 2.45) is 5.73 Å². The van der Waals surface area contributed by atoms with E-state index in [1.165, 1.54) is 0 Å². The number of hydrogen-bond donors (Lipinski definition) is 2. The van der Waals surface area contributed by atoms with Gasteiger partial charge < -0.3 is 5.73 Å². The van der Waals surface area contributed by atoms with Crippen molar-refractivity contribution in [3.05, 3.63) is 29.8 Å². The molecule has 0 fully saturated rings. The summed E-state index contributed by atoms with van der Waals surface area (Å²) < 4.78 is 26.1. The number of alkyl halides is 1. The number of benzene rings is 1. The first-order valence-corrected chi connectivity index (χ1v) is 7.46. The van der Waals surface area contributed by atoms with E-state index in [0.717, 1.165) is 12.0 Å². The highest BCUT2D eigenvalue weighted by atomic mass is 35.5. The summed E-state index contributed by atoms with van der Waals surface area (Å²) in [6.07, 6.45) is 1.37. The van der Waals surface area contributed by atoms with Gasteiger partial charge in [-0.3, -0.25) is 0 Å². The second-order valence-corrected chi connectivity index (χ2v) is 5.77. The second-order valence-electron chi connectivity index (χ2n) is 3.62. The molecule has 0 saturated heterocycles. The first-order valence-electron chi connectivity index (χ1n) is 5.45. The van der Waals surface area contributed by atoms with Crippen LogP contribution in [0, 0.1) is 0 Å². The zero-order valence-corrected chi connectivity index (χ0v) is 11.1. The molecule has 0 atom stereocenters. The molecule has 0 spiro atoms. The molecule has 0 bridgehead atoms. The number of hydrogen-bond acceptors (Lipinski definition) is 3. The molecule has 0 amide bonds. The van der Waals surface area contributed by atoms with Gasteiger partial charge in [-0.15, -0.1) is 11.6 Å². The monoisotopic (exact) mass is 276 g/mol. The molecule has 96 valence electrons. The lowest BCUT2D eigenvalue weighted by atomic mass is 10.2. The Bertz CT molecular complexity index is 431. The first-order chi connectivity index (χ1) is 8.10. The fraction of sp³-hybridized carbons (Fsp3) is 0.455. The van der Waals surface area contributed by atoms with Crippen molar-refractivity contribution in [1.29, 1.82) is 0 Å². The van der Waals surface area contributed by atoms with Gasteiger partial charge in [-0.25, -0.2) is 13.1 Å². The average Bonchev–Trinajstić information content (AvgIpc) is 2.30. The van der Waals surface area contributed by atoms with Crippen molar-refractivity contribution in [1.82, 2.24) is 4.72 Å². The van der Waals surface area contributed by atoms with Gasteiger partial charge in [0, 0.05) is 12.4 Å². The van der Waals surface area contributed by atoms with E-state index < -0.39 is 10.0 Å². The van der Waals surface area contributed by atoms with Crippen LogP contribution in [0.25, 0.3) is 0 Å². The van der Waals surface area contributed by atoms with Gasteiger partial charge in [0.25, 0.3) is 0 Å². The Kier molecular flexibility index (Phi) is 5.91. The van der Waals surface area contributed by atoms with Gasteiger partial charge in [0.1, 0.15) is 0 Å². The van der Waals surface area contributed by atoms with Gasteiger partial charge in [-0.1, -0.05) is 12.1 Å². The predicted octanol–water partition coefficient (Wildman–Crippen LogP) is 1.09. The van der Waals surface area contributed by atoms with Crippen molar-refractivity contribution < 1.29 is 8.42 Å². The van der Waals surface area contributed by atoms with E-state index >= 15 is 0 Å². The Labute approximate surface area is 107 Å². The van der Waals surface area contributed by atoms with Gasteiger partial charge in [-0.05, 0) is 37.1 Å². The fourth-order valence-electron chi connectivity index (χ4n) is 1.34. The molecule has 3 N–H and O–H groups in total. The minimum absolute atomic E-state index is 0.271. The Morgan fingerprint density at radius 2 is 1.88 bits per heavy atom.